The molecule has 2 aromatic carbocycles. The summed E-state index contributed by atoms with van der Waals surface area (Å²) in [5.41, 5.74) is 1.89. The molecule has 26 heavy (non-hydrogen) atoms. The molecule has 1 saturated heterocycles. The van der Waals surface area contributed by atoms with Crippen LogP contribution in [0, 0.1) is 0 Å². The number of aromatic nitrogens is 2. The molecule has 1 N–H and O–H groups in total. The molecule has 0 spiro atoms. The van der Waals surface area contributed by atoms with Gasteiger partial charge in [0.25, 0.3) is 0 Å². The summed E-state index contributed by atoms with van der Waals surface area (Å²) >= 11 is 0. The molecule has 6 heteroatoms. The van der Waals surface area contributed by atoms with Gasteiger partial charge in [-0.25, -0.2) is 9.97 Å². The fraction of sp³-hybridized carbons (Fsp3) is 0.300. The van der Waals surface area contributed by atoms with E-state index in [0.717, 1.165) is 54.0 Å². The summed E-state index contributed by atoms with van der Waals surface area (Å²) in [4.78, 5) is 9.49. The molecule has 2 heterocycles. The van der Waals surface area contributed by atoms with Crippen molar-refractivity contribution in [3.05, 3.63) is 48.5 Å². The van der Waals surface area contributed by atoms with Crippen LogP contribution in [0.5, 0.6) is 5.75 Å². The van der Waals surface area contributed by atoms with E-state index in [0.29, 0.717) is 5.82 Å². The van der Waals surface area contributed by atoms with Crippen LogP contribution in [-0.2, 0) is 4.74 Å². The fourth-order valence-electron chi connectivity index (χ4n) is 3.10. The van der Waals surface area contributed by atoms with Crippen LogP contribution in [0.4, 0.5) is 5.82 Å². The van der Waals surface area contributed by atoms with E-state index in [9.17, 15) is 0 Å². The third-order valence-corrected chi connectivity index (χ3v) is 4.47. The molecule has 0 saturated carbocycles. The summed E-state index contributed by atoms with van der Waals surface area (Å²) < 4.78 is 10.9. The second kappa shape index (κ2) is 8.34. The van der Waals surface area contributed by atoms with Crippen LogP contribution in [0.25, 0.3) is 22.3 Å². The highest BCUT2D eigenvalue weighted by atomic mass is 35.5. The quantitative estimate of drug-likeness (QED) is 0.723. The second-order valence-corrected chi connectivity index (χ2v) is 6.16. The lowest BCUT2D eigenvalue weighted by Crippen LogP contribution is -2.19. The summed E-state index contributed by atoms with van der Waals surface area (Å²) in [6.07, 6.45) is 2.49. The van der Waals surface area contributed by atoms with Crippen molar-refractivity contribution in [1.82, 2.24) is 9.97 Å². The maximum atomic E-state index is 5.71. The van der Waals surface area contributed by atoms with Crippen LogP contribution >= 0.6 is 12.4 Å². The third kappa shape index (κ3) is 3.89. The van der Waals surface area contributed by atoms with Crippen LogP contribution in [0.2, 0.25) is 0 Å². The van der Waals surface area contributed by atoms with Crippen LogP contribution in [0.1, 0.15) is 12.8 Å². The number of fused-ring (bicyclic) bond motifs is 1. The minimum absolute atomic E-state index is 0. The fourth-order valence-corrected chi connectivity index (χ4v) is 3.10. The first-order valence-corrected chi connectivity index (χ1v) is 8.60. The van der Waals surface area contributed by atoms with E-state index >= 15 is 0 Å². The topological polar surface area (TPSA) is 56.3 Å². The molecule has 0 bridgehead atoms. The maximum absolute atomic E-state index is 5.71. The van der Waals surface area contributed by atoms with Crippen LogP contribution in [0.15, 0.2) is 48.5 Å². The van der Waals surface area contributed by atoms with Gasteiger partial charge in [-0.3, -0.25) is 0 Å². The summed E-state index contributed by atoms with van der Waals surface area (Å²) in [6, 6.07) is 15.9. The Bertz CT molecular complexity index is 865. The van der Waals surface area contributed by atoms with Gasteiger partial charge in [0.05, 0.1) is 18.7 Å². The van der Waals surface area contributed by atoms with Crippen LogP contribution in [-0.4, -0.2) is 36.3 Å². The summed E-state index contributed by atoms with van der Waals surface area (Å²) in [5.74, 6) is 2.38. The second-order valence-electron chi connectivity index (χ2n) is 6.16. The number of anilines is 1. The molecule has 5 nitrogen and oxygen atoms in total. The number of hydrogen-bond acceptors (Lipinski definition) is 5. The number of benzene rings is 2. The number of nitrogens with one attached hydrogen (secondary N) is 1. The van der Waals surface area contributed by atoms with E-state index in [1.54, 1.807) is 7.11 Å². The first-order valence-electron chi connectivity index (χ1n) is 8.60. The predicted molar refractivity (Wildman–Crippen MR) is 106 cm³/mol. The molecule has 136 valence electrons. The number of methoxy groups -OCH3 is 1. The number of hydrogen-bond donors (Lipinski definition) is 1. The number of ether oxygens (including phenoxy) is 2. The van der Waals surface area contributed by atoms with Gasteiger partial charge in [0.15, 0.2) is 5.82 Å². The monoisotopic (exact) mass is 371 g/mol. The smallest absolute Gasteiger partial charge is 0.162 e. The molecule has 1 atom stereocenters. The van der Waals surface area contributed by atoms with Crippen LogP contribution in [0.3, 0.4) is 0 Å². The van der Waals surface area contributed by atoms with Gasteiger partial charge in [0, 0.05) is 24.1 Å². The minimum atomic E-state index is 0. The van der Waals surface area contributed by atoms with Crippen LogP contribution < -0.4 is 10.1 Å². The Kier molecular flexibility index (Phi) is 5.91. The highest BCUT2D eigenvalue weighted by Gasteiger charge is 2.16. The number of nitrogens with zero attached hydrogens (tertiary/aromatic N) is 2. The van der Waals surface area contributed by atoms with Crippen molar-refractivity contribution in [1.29, 1.82) is 0 Å². The SMILES string of the molecule is COc1ccc(-c2nc(NCC3CCCO3)c3ccccc3n2)cc1.Cl. The van der Waals surface area contributed by atoms with Crippen molar-refractivity contribution in [2.24, 2.45) is 0 Å². The molecule has 1 aromatic heterocycles. The largest absolute Gasteiger partial charge is 0.497 e. The molecule has 1 unspecified atom stereocenters. The number of rotatable bonds is 5. The highest BCUT2D eigenvalue weighted by molar-refractivity contribution is 5.90. The van der Waals surface area contributed by atoms with Gasteiger partial charge in [-0.15, -0.1) is 12.4 Å². The molecular weight excluding hydrogens is 350 g/mol. The Balaban J connectivity index is 0.00000196. The van der Waals surface area contributed by atoms with Crippen molar-refractivity contribution >= 4 is 29.1 Å². The van der Waals surface area contributed by atoms with Gasteiger partial charge in [-0.05, 0) is 49.2 Å². The lowest BCUT2D eigenvalue weighted by atomic mass is 10.1. The normalized spacial score (nSPS) is 16.3. The van der Waals surface area contributed by atoms with Crippen molar-refractivity contribution in [3.8, 4) is 17.1 Å². The molecule has 3 aromatic rings. The zero-order valence-electron chi connectivity index (χ0n) is 14.6. The first kappa shape index (κ1) is 18.4. The average Bonchev–Trinajstić information content (AvgIpc) is 3.19. The Labute approximate surface area is 159 Å². The van der Waals surface area contributed by atoms with E-state index < -0.39 is 0 Å². The molecule has 0 amide bonds. The minimum Gasteiger partial charge on any atom is -0.497 e. The predicted octanol–water partition coefficient (Wildman–Crippen LogP) is 4.32. The molecule has 1 aliphatic heterocycles. The highest BCUT2D eigenvalue weighted by Crippen LogP contribution is 2.26. The van der Waals surface area contributed by atoms with E-state index in [1.165, 1.54) is 0 Å². The lowest BCUT2D eigenvalue weighted by molar-refractivity contribution is 0.120. The molecule has 1 aliphatic rings. The van der Waals surface area contributed by atoms with Gasteiger partial charge in [-0.1, -0.05) is 12.1 Å². The van der Waals surface area contributed by atoms with Crippen molar-refractivity contribution in [3.63, 3.8) is 0 Å². The van der Waals surface area contributed by atoms with Gasteiger partial charge in [0.1, 0.15) is 11.6 Å². The number of halogens is 1. The Morgan fingerprint density at radius 2 is 1.92 bits per heavy atom. The standard InChI is InChI=1S/C20H21N3O2.ClH/c1-24-15-10-8-14(9-11-15)19-22-18-7-3-2-6-17(18)20(23-19)21-13-16-5-4-12-25-16;/h2-3,6-11,16H,4-5,12-13H2,1H3,(H,21,22,23);1H. The maximum Gasteiger partial charge on any atom is 0.162 e. The first-order chi connectivity index (χ1) is 12.3. The van der Waals surface area contributed by atoms with Crippen molar-refractivity contribution in [2.75, 3.05) is 25.6 Å². The van der Waals surface area contributed by atoms with Crippen molar-refractivity contribution in [2.45, 2.75) is 18.9 Å². The zero-order valence-corrected chi connectivity index (χ0v) is 15.5. The van der Waals surface area contributed by atoms with Gasteiger partial charge < -0.3 is 14.8 Å². The van der Waals surface area contributed by atoms with E-state index in [2.05, 4.69) is 5.32 Å². The Morgan fingerprint density at radius 1 is 1.12 bits per heavy atom. The summed E-state index contributed by atoms with van der Waals surface area (Å²) in [6.45, 7) is 1.62. The third-order valence-electron chi connectivity index (χ3n) is 4.47. The zero-order chi connectivity index (χ0) is 17.1. The molecule has 0 aliphatic carbocycles. The molecule has 1 fully saturated rings. The average molecular weight is 372 g/mol. The van der Waals surface area contributed by atoms with Gasteiger partial charge in [0.2, 0.25) is 0 Å². The molecule has 4 rings (SSSR count). The Hall–Kier alpha value is -2.37. The van der Waals surface area contributed by atoms with Gasteiger partial charge >= 0.3 is 0 Å². The molecule has 0 radical (unpaired) electrons. The van der Waals surface area contributed by atoms with Gasteiger partial charge in [-0.2, -0.15) is 0 Å². The van der Waals surface area contributed by atoms with E-state index in [-0.39, 0.29) is 18.5 Å². The summed E-state index contributed by atoms with van der Waals surface area (Å²) in [7, 11) is 1.66. The lowest BCUT2D eigenvalue weighted by Gasteiger charge is -2.14. The van der Waals surface area contributed by atoms with Crippen molar-refractivity contribution < 1.29 is 9.47 Å². The van der Waals surface area contributed by atoms with E-state index in [4.69, 9.17) is 19.4 Å². The Morgan fingerprint density at radius 3 is 2.65 bits per heavy atom. The van der Waals surface area contributed by atoms with E-state index in [1.807, 2.05) is 48.5 Å². The number of para-hydroxylation sites is 1. The molecular formula is C20H22ClN3O2. The summed E-state index contributed by atoms with van der Waals surface area (Å²) in [5, 5.41) is 4.49.